The molecule has 1 heterocycles. The largest absolute Gasteiger partial charge is 0.370 e. The number of anilines is 3. The maximum absolute atomic E-state index is 4.47. The molecule has 0 spiro atoms. The Morgan fingerprint density at radius 3 is 2.52 bits per heavy atom. The number of hydrogen-bond donors (Lipinski definition) is 2. The zero-order valence-electron chi connectivity index (χ0n) is 12.9. The molecular formula is C17H24N4. The van der Waals surface area contributed by atoms with E-state index in [-0.39, 0.29) is 0 Å². The Morgan fingerprint density at radius 2 is 1.81 bits per heavy atom. The third-order valence-corrected chi connectivity index (χ3v) is 3.36. The Labute approximate surface area is 127 Å². The zero-order valence-corrected chi connectivity index (χ0v) is 12.9. The van der Waals surface area contributed by atoms with Crippen LogP contribution in [0.1, 0.15) is 38.7 Å². The number of hydrogen-bond acceptors (Lipinski definition) is 4. The van der Waals surface area contributed by atoms with Gasteiger partial charge in [-0.15, -0.1) is 0 Å². The number of rotatable bonds is 8. The van der Waals surface area contributed by atoms with E-state index in [0.29, 0.717) is 5.95 Å². The molecule has 2 N–H and O–H groups in total. The summed E-state index contributed by atoms with van der Waals surface area (Å²) < 4.78 is 0. The quantitative estimate of drug-likeness (QED) is 0.706. The Morgan fingerprint density at radius 1 is 1.00 bits per heavy atom. The third-order valence-electron chi connectivity index (χ3n) is 3.36. The number of aryl methyl sites for hydroxylation is 1. The molecule has 1 aromatic carbocycles. The highest BCUT2D eigenvalue weighted by molar-refractivity contribution is 5.55. The monoisotopic (exact) mass is 284 g/mol. The third kappa shape index (κ3) is 5.06. The zero-order chi connectivity index (χ0) is 14.9. The van der Waals surface area contributed by atoms with E-state index < -0.39 is 0 Å². The number of benzene rings is 1. The molecule has 0 radical (unpaired) electrons. The molecule has 0 aliphatic rings. The van der Waals surface area contributed by atoms with Gasteiger partial charge in [0.2, 0.25) is 5.95 Å². The van der Waals surface area contributed by atoms with Crippen molar-refractivity contribution in [3.05, 3.63) is 42.1 Å². The lowest BCUT2D eigenvalue weighted by atomic mass is 10.1. The number of nitrogens with one attached hydrogen (secondary N) is 2. The molecule has 2 aromatic rings. The summed E-state index contributed by atoms with van der Waals surface area (Å²) in [6.07, 6.45) is 6.46. The molecule has 0 amide bonds. The van der Waals surface area contributed by atoms with E-state index in [1.807, 2.05) is 6.07 Å². The van der Waals surface area contributed by atoms with Crippen LogP contribution in [0.2, 0.25) is 0 Å². The molecule has 0 saturated carbocycles. The number of unbranched alkanes of at least 4 members (excludes halogenated alkanes) is 2. The van der Waals surface area contributed by atoms with Gasteiger partial charge in [-0.25, -0.2) is 4.98 Å². The standard InChI is InChI=1S/C17H24N4/c1-3-5-6-12-18-16-11-13-19-17(21-16)20-15-9-7-14(4-2)8-10-15/h7-11,13H,3-6,12H2,1-2H3,(H2,18,19,20,21). The van der Waals surface area contributed by atoms with E-state index in [9.17, 15) is 0 Å². The minimum absolute atomic E-state index is 0.625. The predicted molar refractivity (Wildman–Crippen MR) is 89.1 cm³/mol. The summed E-state index contributed by atoms with van der Waals surface area (Å²) in [5.41, 5.74) is 2.34. The minimum Gasteiger partial charge on any atom is -0.370 e. The van der Waals surface area contributed by atoms with Crippen molar-refractivity contribution in [2.75, 3.05) is 17.2 Å². The fraction of sp³-hybridized carbons (Fsp3) is 0.412. The summed E-state index contributed by atoms with van der Waals surface area (Å²) in [5.74, 6) is 1.49. The smallest absolute Gasteiger partial charge is 0.229 e. The van der Waals surface area contributed by atoms with E-state index >= 15 is 0 Å². The maximum Gasteiger partial charge on any atom is 0.229 e. The van der Waals surface area contributed by atoms with Crippen molar-refractivity contribution in [2.45, 2.75) is 39.5 Å². The Bertz CT molecular complexity index is 537. The van der Waals surface area contributed by atoms with Crippen molar-refractivity contribution < 1.29 is 0 Å². The summed E-state index contributed by atoms with van der Waals surface area (Å²) >= 11 is 0. The van der Waals surface area contributed by atoms with Crippen molar-refractivity contribution in [3.63, 3.8) is 0 Å². The Kier molecular flexibility index (Phi) is 6.00. The lowest BCUT2D eigenvalue weighted by Crippen LogP contribution is -2.05. The normalized spacial score (nSPS) is 10.4. The first-order valence-corrected chi connectivity index (χ1v) is 7.74. The molecule has 0 saturated heterocycles. The van der Waals surface area contributed by atoms with Gasteiger partial charge in [0.15, 0.2) is 0 Å². The SMILES string of the molecule is CCCCCNc1ccnc(Nc2ccc(CC)cc2)n1. The molecule has 112 valence electrons. The Balaban J connectivity index is 1.93. The molecule has 0 unspecified atom stereocenters. The van der Waals surface area contributed by atoms with Crippen molar-refractivity contribution in [1.29, 1.82) is 0 Å². The van der Waals surface area contributed by atoms with Gasteiger partial charge in [-0.2, -0.15) is 4.98 Å². The van der Waals surface area contributed by atoms with Gasteiger partial charge in [0, 0.05) is 18.4 Å². The maximum atomic E-state index is 4.47. The van der Waals surface area contributed by atoms with E-state index in [1.165, 1.54) is 24.8 Å². The highest BCUT2D eigenvalue weighted by atomic mass is 15.1. The van der Waals surface area contributed by atoms with Crippen LogP contribution in [-0.2, 0) is 6.42 Å². The molecule has 1 aromatic heterocycles. The highest BCUT2D eigenvalue weighted by Gasteiger charge is 2.00. The van der Waals surface area contributed by atoms with Crippen LogP contribution in [-0.4, -0.2) is 16.5 Å². The Hall–Kier alpha value is -2.10. The van der Waals surface area contributed by atoms with Gasteiger partial charge in [-0.05, 0) is 36.6 Å². The molecular weight excluding hydrogens is 260 g/mol. The molecule has 4 heteroatoms. The van der Waals surface area contributed by atoms with Gasteiger partial charge in [0.05, 0.1) is 0 Å². The predicted octanol–water partition coefficient (Wildman–Crippen LogP) is 4.38. The number of aromatic nitrogens is 2. The van der Waals surface area contributed by atoms with Crippen LogP contribution in [0.15, 0.2) is 36.5 Å². The van der Waals surface area contributed by atoms with E-state index in [1.54, 1.807) is 6.20 Å². The van der Waals surface area contributed by atoms with Crippen LogP contribution >= 0.6 is 0 Å². The van der Waals surface area contributed by atoms with Gasteiger partial charge in [0.25, 0.3) is 0 Å². The second kappa shape index (κ2) is 8.25. The van der Waals surface area contributed by atoms with Crippen LogP contribution in [0.25, 0.3) is 0 Å². The second-order valence-corrected chi connectivity index (χ2v) is 5.07. The first kappa shape index (κ1) is 15.3. The summed E-state index contributed by atoms with van der Waals surface area (Å²) in [4.78, 5) is 8.73. The minimum atomic E-state index is 0.625. The lowest BCUT2D eigenvalue weighted by Gasteiger charge is -2.08. The average Bonchev–Trinajstić information content (AvgIpc) is 2.53. The van der Waals surface area contributed by atoms with Crippen molar-refractivity contribution in [2.24, 2.45) is 0 Å². The number of nitrogens with zero attached hydrogens (tertiary/aromatic N) is 2. The molecule has 0 atom stereocenters. The van der Waals surface area contributed by atoms with Gasteiger partial charge >= 0.3 is 0 Å². The molecule has 2 rings (SSSR count). The van der Waals surface area contributed by atoms with E-state index in [0.717, 1.165) is 24.5 Å². The van der Waals surface area contributed by atoms with Crippen LogP contribution in [0, 0.1) is 0 Å². The second-order valence-electron chi connectivity index (χ2n) is 5.07. The molecule has 0 aliphatic carbocycles. The molecule has 0 aliphatic heterocycles. The summed E-state index contributed by atoms with van der Waals surface area (Å²) in [5, 5.41) is 6.57. The van der Waals surface area contributed by atoms with Gasteiger partial charge in [-0.3, -0.25) is 0 Å². The first-order chi connectivity index (χ1) is 10.3. The van der Waals surface area contributed by atoms with E-state index in [2.05, 4.69) is 58.7 Å². The van der Waals surface area contributed by atoms with Crippen LogP contribution < -0.4 is 10.6 Å². The molecule has 0 bridgehead atoms. The molecule has 0 fully saturated rings. The van der Waals surface area contributed by atoms with Crippen LogP contribution in [0.3, 0.4) is 0 Å². The summed E-state index contributed by atoms with van der Waals surface area (Å²) in [7, 11) is 0. The lowest BCUT2D eigenvalue weighted by molar-refractivity contribution is 0.742. The fourth-order valence-corrected chi connectivity index (χ4v) is 2.06. The van der Waals surface area contributed by atoms with Gasteiger partial charge in [-0.1, -0.05) is 38.8 Å². The first-order valence-electron chi connectivity index (χ1n) is 7.74. The van der Waals surface area contributed by atoms with Crippen molar-refractivity contribution in [3.8, 4) is 0 Å². The topological polar surface area (TPSA) is 49.8 Å². The molecule has 4 nitrogen and oxygen atoms in total. The van der Waals surface area contributed by atoms with E-state index in [4.69, 9.17) is 0 Å². The van der Waals surface area contributed by atoms with Gasteiger partial charge in [0.1, 0.15) is 5.82 Å². The summed E-state index contributed by atoms with van der Waals surface area (Å²) in [6, 6.07) is 10.3. The van der Waals surface area contributed by atoms with Crippen LogP contribution in [0.4, 0.5) is 17.5 Å². The molecule has 21 heavy (non-hydrogen) atoms. The van der Waals surface area contributed by atoms with Crippen molar-refractivity contribution in [1.82, 2.24) is 9.97 Å². The van der Waals surface area contributed by atoms with Crippen LogP contribution in [0.5, 0.6) is 0 Å². The van der Waals surface area contributed by atoms with Crippen molar-refractivity contribution >= 4 is 17.5 Å². The summed E-state index contributed by atoms with van der Waals surface area (Å²) in [6.45, 7) is 5.31. The van der Waals surface area contributed by atoms with Gasteiger partial charge < -0.3 is 10.6 Å². The fourth-order valence-electron chi connectivity index (χ4n) is 2.06. The highest BCUT2D eigenvalue weighted by Crippen LogP contribution is 2.15. The average molecular weight is 284 g/mol.